The molecule has 3 heterocycles. The molecule has 1 unspecified atom stereocenters. The summed E-state index contributed by atoms with van der Waals surface area (Å²) >= 11 is 8.88. The van der Waals surface area contributed by atoms with E-state index < -0.39 is 17.7 Å². The number of nitrogens with one attached hydrogen (secondary N) is 2. The summed E-state index contributed by atoms with van der Waals surface area (Å²) in [5.74, 6) is -1.19. The SMILES string of the molecule is CC.CSNc1cc(Cl)cc(NC(=O)c2cc(-c3ncc(F)cc3C(C)Oc3cncc(F)c3)c(C)s2)c1. The minimum absolute atomic E-state index is 0.205. The maximum absolute atomic E-state index is 14.2. The molecule has 11 heteroatoms. The Morgan fingerprint density at radius 1 is 1.05 bits per heavy atom. The first kappa shape index (κ1) is 29.3. The molecule has 0 aliphatic carbocycles. The average molecular weight is 577 g/mol. The average Bonchev–Trinajstić information content (AvgIpc) is 3.26. The van der Waals surface area contributed by atoms with Crippen LogP contribution in [0.4, 0.5) is 20.2 Å². The van der Waals surface area contributed by atoms with Crippen molar-refractivity contribution in [2.75, 3.05) is 16.3 Å². The fourth-order valence-corrected chi connectivity index (χ4v) is 5.08. The predicted octanol–water partition coefficient (Wildman–Crippen LogP) is 8.55. The van der Waals surface area contributed by atoms with Crippen molar-refractivity contribution < 1.29 is 18.3 Å². The summed E-state index contributed by atoms with van der Waals surface area (Å²) < 4.78 is 36.6. The number of aromatic nitrogens is 2. The van der Waals surface area contributed by atoms with E-state index in [2.05, 4.69) is 20.0 Å². The van der Waals surface area contributed by atoms with Crippen LogP contribution in [-0.4, -0.2) is 22.1 Å². The number of carbonyl (C=O) groups excluding carboxylic acids is 1. The second-order valence-corrected chi connectivity index (χ2v) is 10.1. The van der Waals surface area contributed by atoms with Gasteiger partial charge >= 0.3 is 0 Å². The molecular formula is C27H27ClF2N4O2S2. The summed E-state index contributed by atoms with van der Waals surface area (Å²) in [4.78, 5) is 22.3. The van der Waals surface area contributed by atoms with E-state index in [0.717, 1.165) is 23.0 Å². The number of hydrogen-bond acceptors (Lipinski definition) is 7. The van der Waals surface area contributed by atoms with Gasteiger partial charge in [0.1, 0.15) is 23.5 Å². The third-order valence-electron chi connectivity index (χ3n) is 5.09. The number of halogens is 3. The van der Waals surface area contributed by atoms with Gasteiger partial charge in [-0.2, -0.15) is 0 Å². The highest BCUT2D eigenvalue weighted by Gasteiger charge is 2.21. The van der Waals surface area contributed by atoms with Crippen molar-refractivity contribution in [1.29, 1.82) is 0 Å². The number of benzene rings is 1. The topological polar surface area (TPSA) is 76.1 Å². The van der Waals surface area contributed by atoms with Crippen molar-refractivity contribution >= 4 is 52.2 Å². The Kier molecular flexibility index (Phi) is 10.5. The minimum atomic E-state index is -0.669. The summed E-state index contributed by atoms with van der Waals surface area (Å²) in [6.45, 7) is 7.56. The molecule has 0 radical (unpaired) electrons. The van der Waals surface area contributed by atoms with Crippen LogP contribution in [0.1, 0.15) is 47.0 Å². The van der Waals surface area contributed by atoms with Gasteiger partial charge in [-0.3, -0.25) is 14.8 Å². The summed E-state index contributed by atoms with van der Waals surface area (Å²) in [5.41, 5.74) is 2.90. The van der Waals surface area contributed by atoms with Gasteiger partial charge in [0.15, 0.2) is 0 Å². The zero-order valence-corrected chi connectivity index (χ0v) is 23.8. The maximum atomic E-state index is 14.2. The number of anilines is 2. The van der Waals surface area contributed by atoms with Gasteiger partial charge < -0.3 is 14.8 Å². The molecule has 0 fully saturated rings. The Balaban J connectivity index is 0.00000195. The van der Waals surface area contributed by atoms with E-state index in [4.69, 9.17) is 16.3 Å². The Morgan fingerprint density at radius 2 is 1.76 bits per heavy atom. The quantitative estimate of drug-likeness (QED) is 0.205. The highest BCUT2D eigenvalue weighted by molar-refractivity contribution is 7.99. The molecule has 200 valence electrons. The number of amides is 1. The zero-order valence-electron chi connectivity index (χ0n) is 21.4. The molecule has 0 bridgehead atoms. The molecule has 4 rings (SSSR count). The van der Waals surface area contributed by atoms with Crippen LogP contribution in [0.2, 0.25) is 5.02 Å². The minimum Gasteiger partial charge on any atom is -0.484 e. The van der Waals surface area contributed by atoms with Crippen molar-refractivity contribution in [1.82, 2.24) is 9.97 Å². The van der Waals surface area contributed by atoms with Crippen molar-refractivity contribution in [3.05, 3.63) is 87.0 Å². The Bertz CT molecular complexity index is 1420. The number of nitrogens with zero attached hydrogens (tertiary/aromatic N) is 2. The number of ether oxygens (including phenoxy) is 1. The molecule has 1 aromatic carbocycles. The number of rotatable bonds is 8. The summed E-state index contributed by atoms with van der Waals surface area (Å²) in [7, 11) is 0. The Morgan fingerprint density at radius 3 is 2.47 bits per heavy atom. The van der Waals surface area contributed by atoms with Crippen LogP contribution in [0.5, 0.6) is 5.75 Å². The Hall–Kier alpha value is -3.21. The molecule has 1 atom stereocenters. The smallest absolute Gasteiger partial charge is 0.265 e. The Labute approximate surface area is 234 Å². The fraction of sp³-hybridized carbons (Fsp3) is 0.222. The molecule has 2 N–H and O–H groups in total. The fourth-order valence-electron chi connectivity index (χ4n) is 3.57. The van der Waals surface area contributed by atoms with E-state index in [9.17, 15) is 13.6 Å². The number of hydrogen-bond donors (Lipinski definition) is 2. The van der Waals surface area contributed by atoms with E-state index in [0.29, 0.717) is 32.4 Å². The highest BCUT2D eigenvalue weighted by atomic mass is 35.5. The van der Waals surface area contributed by atoms with Crippen LogP contribution in [0.3, 0.4) is 0 Å². The van der Waals surface area contributed by atoms with Crippen LogP contribution < -0.4 is 14.8 Å². The molecule has 3 aromatic heterocycles. The number of aryl methyl sites for hydroxylation is 1. The van der Waals surface area contributed by atoms with Gasteiger partial charge in [0, 0.05) is 44.7 Å². The lowest BCUT2D eigenvalue weighted by atomic mass is 10.0. The van der Waals surface area contributed by atoms with Gasteiger partial charge in [-0.1, -0.05) is 37.4 Å². The van der Waals surface area contributed by atoms with Crippen LogP contribution in [0.15, 0.2) is 55.0 Å². The molecule has 1 amide bonds. The lowest BCUT2D eigenvalue weighted by Crippen LogP contribution is -2.10. The normalized spacial score (nSPS) is 11.3. The van der Waals surface area contributed by atoms with Crippen LogP contribution in [0, 0.1) is 18.6 Å². The highest BCUT2D eigenvalue weighted by Crippen LogP contribution is 2.36. The molecule has 0 spiro atoms. The van der Waals surface area contributed by atoms with Crippen molar-refractivity contribution in [3.63, 3.8) is 0 Å². The van der Waals surface area contributed by atoms with Gasteiger partial charge in [0.2, 0.25) is 0 Å². The van der Waals surface area contributed by atoms with Gasteiger partial charge in [-0.15, -0.1) is 11.3 Å². The molecule has 4 aromatic rings. The molecule has 38 heavy (non-hydrogen) atoms. The summed E-state index contributed by atoms with van der Waals surface area (Å²) in [6, 6.07) is 9.42. The second kappa shape index (κ2) is 13.5. The monoisotopic (exact) mass is 576 g/mol. The van der Waals surface area contributed by atoms with E-state index in [-0.39, 0.29) is 11.7 Å². The second-order valence-electron chi connectivity index (χ2n) is 7.76. The molecule has 0 aliphatic heterocycles. The third-order valence-corrected chi connectivity index (χ3v) is 6.79. The van der Waals surface area contributed by atoms with Crippen LogP contribution in [0.25, 0.3) is 11.3 Å². The standard InChI is InChI=1S/C25H21ClF2N4O2S2.C2H6/c1-13(34-20-6-16(27)10-29-12-20)21-7-17(28)11-30-24(21)22-9-23(36-14(22)2)25(33)31-18-4-15(26)5-19(8-18)32-35-3;1-2/h4-13,32H,1-3H3,(H,31,33);1-2H3. The van der Waals surface area contributed by atoms with E-state index in [1.807, 2.05) is 27.0 Å². The first-order chi connectivity index (χ1) is 18.2. The van der Waals surface area contributed by atoms with E-state index in [1.54, 1.807) is 31.2 Å². The molecule has 6 nitrogen and oxygen atoms in total. The molecular weight excluding hydrogens is 550 g/mol. The summed E-state index contributed by atoms with van der Waals surface area (Å²) in [6.07, 6.45) is 4.77. The number of carbonyl (C=O) groups is 1. The molecule has 0 aliphatic rings. The lowest BCUT2D eigenvalue weighted by Gasteiger charge is -2.18. The van der Waals surface area contributed by atoms with E-state index >= 15 is 0 Å². The van der Waals surface area contributed by atoms with Gasteiger partial charge in [0.25, 0.3) is 5.91 Å². The van der Waals surface area contributed by atoms with Crippen molar-refractivity contribution in [2.24, 2.45) is 0 Å². The maximum Gasteiger partial charge on any atom is 0.265 e. The van der Waals surface area contributed by atoms with E-state index in [1.165, 1.54) is 41.6 Å². The zero-order chi connectivity index (χ0) is 27.8. The van der Waals surface area contributed by atoms with Gasteiger partial charge in [0.05, 0.1) is 29.2 Å². The first-order valence-electron chi connectivity index (χ1n) is 11.7. The lowest BCUT2D eigenvalue weighted by molar-refractivity contribution is 0.103. The number of thiophene rings is 1. The largest absolute Gasteiger partial charge is 0.484 e. The van der Waals surface area contributed by atoms with Crippen LogP contribution >= 0.6 is 34.9 Å². The predicted molar refractivity (Wildman–Crippen MR) is 153 cm³/mol. The number of pyridine rings is 2. The first-order valence-corrected chi connectivity index (χ1v) is 14.1. The van der Waals surface area contributed by atoms with Gasteiger partial charge in [-0.25, -0.2) is 8.78 Å². The molecule has 0 saturated heterocycles. The third kappa shape index (κ3) is 7.43. The van der Waals surface area contributed by atoms with Gasteiger partial charge in [-0.05, 0) is 44.2 Å². The summed E-state index contributed by atoms with van der Waals surface area (Å²) in [5, 5.41) is 3.35. The van der Waals surface area contributed by atoms with Crippen molar-refractivity contribution in [2.45, 2.75) is 33.8 Å². The van der Waals surface area contributed by atoms with Crippen LogP contribution in [-0.2, 0) is 0 Å². The molecule has 0 saturated carbocycles. The van der Waals surface area contributed by atoms with Crippen molar-refractivity contribution in [3.8, 4) is 17.0 Å².